The molecule has 0 radical (unpaired) electrons. The molecule has 0 spiro atoms. The molecule has 0 unspecified atom stereocenters. The molecule has 0 aliphatic carbocycles. The summed E-state index contributed by atoms with van der Waals surface area (Å²) in [5, 5.41) is 2.39. The van der Waals surface area contributed by atoms with E-state index < -0.39 is 23.5 Å². The molecule has 7 heteroatoms. The lowest BCUT2D eigenvalue weighted by atomic mass is 10.1. The lowest BCUT2D eigenvalue weighted by Crippen LogP contribution is -2.12. The molecule has 3 nitrogen and oxygen atoms in total. The average Bonchev–Trinajstić information content (AvgIpc) is 2.46. The van der Waals surface area contributed by atoms with Gasteiger partial charge in [-0.1, -0.05) is 0 Å². The Bertz CT molecular complexity index is 681. The highest BCUT2D eigenvalue weighted by atomic mass is 19.4. The van der Waals surface area contributed by atoms with Gasteiger partial charge in [0.2, 0.25) is 0 Å². The van der Waals surface area contributed by atoms with E-state index in [4.69, 9.17) is 4.74 Å². The smallest absolute Gasteiger partial charge is 0.416 e. The van der Waals surface area contributed by atoms with Gasteiger partial charge in [0.15, 0.2) is 11.6 Å². The number of hydrogen-bond donors (Lipinski definition) is 1. The topological polar surface area (TPSA) is 38.3 Å². The summed E-state index contributed by atoms with van der Waals surface area (Å²) in [4.78, 5) is 11.9. The molecule has 0 aliphatic rings. The second-order valence-corrected chi connectivity index (χ2v) is 4.38. The number of alkyl halides is 3. The van der Waals surface area contributed by atoms with Crippen molar-refractivity contribution < 1.29 is 27.1 Å². The van der Waals surface area contributed by atoms with Crippen molar-refractivity contribution in [2.45, 2.75) is 6.18 Å². The fraction of sp³-hybridized carbons (Fsp3) is 0.133. The van der Waals surface area contributed by atoms with Gasteiger partial charge in [0.25, 0.3) is 5.91 Å². The minimum Gasteiger partial charge on any atom is -0.494 e. The van der Waals surface area contributed by atoms with Crippen LogP contribution in [0.15, 0.2) is 42.5 Å². The molecule has 1 N–H and O–H groups in total. The number of carbonyl (C=O) groups is 1. The SMILES string of the molecule is COc1ccc(C(=O)Nc2ccc(C(F)(F)F)cc2)cc1F. The van der Waals surface area contributed by atoms with E-state index in [2.05, 4.69) is 5.32 Å². The Morgan fingerprint density at radius 2 is 1.73 bits per heavy atom. The number of hydrogen-bond acceptors (Lipinski definition) is 2. The fourth-order valence-corrected chi connectivity index (χ4v) is 1.75. The summed E-state index contributed by atoms with van der Waals surface area (Å²) in [6.45, 7) is 0. The summed E-state index contributed by atoms with van der Waals surface area (Å²) in [6, 6.07) is 7.58. The fourth-order valence-electron chi connectivity index (χ4n) is 1.75. The van der Waals surface area contributed by atoms with Crippen molar-refractivity contribution in [3.8, 4) is 5.75 Å². The highest BCUT2D eigenvalue weighted by Gasteiger charge is 2.30. The third kappa shape index (κ3) is 3.55. The number of nitrogens with one attached hydrogen (secondary N) is 1. The molecule has 1 amide bonds. The van der Waals surface area contributed by atoms with Crippen LogP contribution < -0.4 is 10.1 Å². The zero-order valence-electron chi connectivity index (χ0n) is 11.4. The standard InChI is InChI=1S/C15H11F4NO2/c1-22-13-7-2-9(8-12(13)16)14(21)20-11-5-3-10(4-6-11)15(17,18)19/h2-8H,1H3,(H,20,21). The summed E-state index contributed by atoms with van der Waals surface area (Å²) in [7, 11) is 1.29. The first-order valence-corrected chi connectivity index (χ1v) is 6.13. The predicted octanol–water partition coefficient (Wildman–Crippen LogP) is 4.11. The van der Waals surface area contributed by atoms with E-state index in [1.54, 1.807) is 0 Å². The number of rotatable bonds is 3. The minimum absolute atomic E-state index is 0.00826. The van der Waals surface area contributed by atoms with E-state index in [0.717, 1.165) is 30.3 Å². The Hall–Kier alpha value is -2.57. The summed E-state index contributed by atoms with van der Waals surface area (Å²) in [5.41, 5.74) is -0.617. The molecule has 22 heavy (non-hydrogen) atoms. The van der Waals surface area contributed by atoms with Crippen LogP contribution in [-0.4, -0.2) is 13.0 Å². The molecule has 0 aliphatic heterocycles. The maximum atomic E-state index is 13.5. The monoisotopic (exact) mass is 313 g/mol. The molecule has 116 valence electrons. The first kappa shape index (κ1) is 15.8. The van der Waals surface area contributed by atoms with Crippen LogP contribution in [0.2, 0.25) is 0 Å². The van der Waals surface area contributed by atoms with Gasteiger partial charge in [-0.2, -0.15) is 13.2 Å². The Kier molecular flexibility index (Phi) is 4.35. The highest BCUT2D eigenvalue weighted by molar-refractivity contribution is 6.04. The van der Waals surface area contributed by atoms with Gasteiger partial charge in [0.05, 0.1) is 12.7 Å². The van der Waals surface area contributed by atoms with Gasteiger partial charge < -0.3 is 10.1 Å². The number of benzene rings is 2. The van der Waals surface area contributed by atoms with Crippen molar-refractivity contribution in [3.05, 3.63) is 59.4 Å². The molecule has 2 rings (SSSR count). The number of halogens is 4. The van der Waals surface area contributed by atoms with Gasteiger partial charge in [0, 0.05) is 11.3 Å². The van der Waals surface area contributed by atoms with E-state index >= 15 is 0 Å². The third-order valence-corrected chi connectivity index (χ3v) is 2.88. The van der Waals surface area contributed by atoms with Gasteiger partial charge in [-0.25, -0.2) is 4.39 Å². The van der Waals surface area contributed by atoms with Crippen molar-refractivity contribution in [2.24, 2.45) is 0 Å². The summed E-state index contributed by atoms with van der Waals surface area (Å²) < 4.78 is 55.5. The van der Waals surface area contributed by atoms with Crippen molar-refractivity contribution in [2.75, 3.05) is 12.4 Å². The number of carbonyl (C=O) groups excluding carboxylic acids is 1. The van der Waals surface area contributed by atoms with E-state index in [9.17, 15) is 22.4 Å². The van der Waals surface area contributed by atoms with Crippen LogP contribution in [-0.2, 0) is 6.18 Å². The quantitative estimate of drug-likeness (QED) is 0.866. The zero-order chi connectivity index (χ0) is 16.3. The Labute approximate surface area is 123 Å². The van der Waals surface area contributed by atoms with Crippen LogP contribution in [0.25, 0.3) is 0 Å². The molecule has 0 saturated carbocycles. The Morgan fingerprint density at radius 3 is 2.23 bits per heavy atom. The van der Waals surface area contributed by atoms with E-state index in [0.29, 0.717) is 0 Å². The number of ether oxygens (including phenoxy) is 1. The number of methoxy groups -OCH3 is 1. The van der Waals surface area contributed by atoms with E-state index in [-0.39, 0.29) is 17.0 Å². The van der Waals surface area contributed by atoms with Gasteiger partial charge in [-0.15, -0.1) is 0 Å². The molecule has 0 bridgehead atoms. The molecule has 2 aromatic carbocycles. The van der Waals surface area contributed by atoms with Crippen LogP contribution in [0, 0.1) is 5.82 Å². The van der Waals surface area contributed by atoms with E-state index in [1.165, 1.54) is 19.2 Å². The second-order valence-electron chi connectivity index (χ2n) is 4.38. The number of amides is 1. The third-order valence-electron chi connectivity index (χ3n) is 2.88. The summed E-state index contributed by atoms with van der Waals surface area (Å²) in [6.07, 6.45) is -4.44. The second kappa shape index (κ2) is 6.05. The predicted molar refractivity (Wildman–Crippen MR) is 72.3 cm³/mol. The van der Waals surface area contributed by atoms with Crippen molar-refractivity contribution in [3.63, 3.8) is 0 Å². The largest absolute Gasteiger partial charge is 0.494 e. The molecule has 0 fully saturated rings. The number of anilines is 1. The van der Waals surface area contributed by atoms with Gasteiger partial charge in [-0.05, 0) is 42.5 Å². The van der Waals surface area contributed by atoms with Gasteiger partial charge >= 0.3 is 6.18 Å². The van der Waals surface area contributed by atoms with E-state index in [1.807, 2.05) is 0 Å². The first-order chi connectivity index (χ1) is 10.3. The van der Waals surface area contributed by atoms with Gasteiger partial charge in [-0.3, -0.25) is 4.79 Å². The molecule has 0 saturated heterocycles. The Balaban J connectivity index is 2.13. The Morgan fingerprint density at radius 1 is 1.09 bits per heavy atom. The molecule has 0 heterocycles. The molecule has 2 aromatic rings. The summed E-state index contributed by atoms with van der Waals surface area (Å²) >= 11 is 0. The molecular formula is C15H11F4NO2. The van der Waals surface area contributed by atoms with Crippen molar-refractivity contribution in [1.29, 1.82) is 0 Å². The molecular weight excluding hydrogens is 302 g/mol. The maximum absolute atomic E-state index is 13.5. The first-order valence-electron chi connectivity index (χ1n) is 6.13. The lowest BCUT2D eigenvalue weighted by molar-refractivity contribution is -0.137. The van der Waals surface area contributed by atoms with Crippen LogP contribution in [0.3, 0.4) is 0 Å². The van der Waals surface area contributed by atoms with Crippen molar-refractivity contribution in [1.82, 2.24) is 0 Å². The maximum Gasteiger partial charge on any atom is 0.416 e. The highest BCUT2D eigenvalue weighted by Crippen LogP contribution is 2.30. The zero-order valence-corrected chi connectivity index (χ0v) is 11.4. The normalized spacial score (nSPS) is 11.1. The molecule has 0 aromatic heterocycles. The minimum atomic E-state index is -4.44. The van der Waals surface area contributed by atoms with Crippen LogP contribution in [0.1, 0.15) is 15.9 Å². The van der Waals surface area contributed by atoms with Gasteiger partial charge in [0.1, 0.15) is 0 Å². The molecule has 0 atom stereocenters. The average molecular weight is 313 g/mol. The van der Waals surface area contributed by atoms with Crippen LogP contribution >= 0.6 is 0 Å². The van der Waals surface area contributed by atoms with Crippen LogP contribution in [0.4, 0.5) is 23.2 Å². The van der Waals surface area contributed by atoms with Crippen molar-refractivity contribution >= 4 is 11.6 Å². The summed E-state index contributed by atoms with van der Waals surface area (Å²) in [5.74, 6) is -1.35. The van der Waals surface area contributed by atoms with Crippen LogP contribution in [0.5, 0.6) is 5.75 Å². The lowest BCUT2D eigenvalue weighted by Gasteiger charge is -2.09.